The summed E-state index contributed by atoms with van der Waals surface area (Å²) < 4.78 is 6.73. The second-order valence-corrected chi connectivity index (χ2v) is 17.0. The van der Waals surface area contributed by atoms with Crippen LogP contribution in [0.5, 0.6) is 0 Å². The third-order valence-corrected chi connectivity index (χ3v) is 13.8. The quantitative estimate of drug-likeness (QED) is 0.153. The van der Waals surface area contributed by atoms with Crippen LogP contribution in [0.4, 0.5) is 0 Å². The summed E-state index contributed by atoms with van der Waals surface area (Å²) in [5.74, 6) is 0.0283. The average molecular weight is 789 g/mol. The van der Waals surface area contributed by atoms with Crippen LogP contribution in [-0.4, -0.2) is 0 Å². The molecule has 1 aromatic heterocycles. The van der Waals surface area contributed by atoms with E-state index in [0.717, 1.165) is 40.3 Å². The first-order chi connectivity index (χ1) is 30.7. The van der Waals surface area contributed by atoms with E-state index < -0.39 is 0 Å². The van der Waals surface area contributed by atoms with E-state index in [2.05, 4.69) is 212 Å². The van der Waals surface area contributed by atoms with Crippen molar-refractivity contribution in [2.45, 2.75) is 18.8 Å². The van der Waals surface area contributed by atoms with Gasteiger partial charge in [0.25, 0.3) is 0 Å². The van der Waals surface area contributed by atoms with Gasteiger partial charge in [-0.15, -0.1) is 0 Å². The molecule has 290 valence electrons. The number of para-hydroxylation sites is 2. The van der Waals surface area contributed by atoms with E-state index in [1.807, 2.05) is 0 Å². The van der Waals surface area contributed by atoms with Crippen molar-refractivity contribution in [3.8, 4) is 55.6 Å². The largest absolute Gasteiger partial charge is 0.455 e. The average Bonchev–Trinajstić information content (AvgIpc) is 4.04. The minimum absolute atomic E-state index is 0.0283. The second-order valence-electron chi connectivity index (χ2n) is 17.0. The van der Waals surface area contributed by atoms with E-state index in [1.165, 1.54) is 99.8 Å². The van der Waals surface area contributed by atoms with Crippen molar-refractivity contribution >= 4 is 32.7 Å². The molecule has 1 unspecified atom stereocenters. The lowest BCUT2D eigenvalue weighted by Gasteiger charge is -2.23. The Bertz CT molecular complexity index is 3550. The first-order valence-corrected chi connectivity index (χ1v) is 21.8. The molecule has 1 heterocycles. The molecule has 0 N–H and O–H groups in total. The molecule has 0 spiro atoms. The normalized spacial score (nSPS) is 13.0. The summed E-state index contributed by atoms with van der Waals surface area (Å²) in [6.07, 6.45) is 1.81. The van der Waals surface area contributed by atoms with Crippen molar-refractivity contribution in [2.24, 2.45) is 0 Å². The molecule has 0 saturated heterocycles. The van der Waals surface area contributed by atoms with Gasteiger partial charge in [0.15, 0.2) is 0 Å². The lowest BCUT2D eigenvalue weighted by atomic mass is 9.80. The molecule has 2 aliphatic rings. The van der Waals surface area contributed by atoms with Crippen LogP contribution in [0.3, 0.4) is 0 Å². The minimum atomic E-state index is 0.0283. The van der Waals surface area contributed by atoms with Crippen LogP contribution in [0.1, 0.15) is 44.9 Å². The molecule has 0 bridgehead atoms. The first-order valence-electron chi connectivity index (χ1n) is 21.8. The van der Waals surface area contributed by atoms with Gasteiger partial charge in [0.05, 0.1) is 0 Å². The molecule has 62 heavy (non-hydrogen) atoms. The van der Waals surface area contributed by atoms with E-state index in [9.17, 15) is 0 Å². The Balaban J connectivity index is 0.971. The van der Waals surface area contributed by atoms with Crippen molar-refractivity contribution in [3.05, 3.63) is 251 Å². The van der Waals surface area contributed by atoms with Gasteiger partial charge >= 0.3 is 0 Å². The van der Waals surface area contributed by atoms with E-state index in [1.54, 1.807) is 0 Å². The monoisotopic (exact) mass is 788 g/mol. The zero-order valence-electron chi connectivity index (χ0n) is 34.1. The summed E-state index contributed by atoms with van der Waals surface area (Å²) in [4.78, 5) is 0. The molecule has 13 rings (SSSR count). The molecule has 1 nitrogen and oxygen atoms in total. The maximum Gasteiger partial charge on any atom is 0.143 e. The van der Waals surface area contributed by atoms with E-state index in [0.29, 0.717) is 0 Å². The summed E-state index contributed by atoms with van der Waals surface area (Å²) in [7, 11) is 0. The van der Waals surface area contributed by atoms with Crippen LogP contribution >= 0.6 is 0 Å². The van der Waals surface area contributed by atoms with Gasteiger partial charge in [-0.2, -0.15) is 0 Å². The van der Waals surface area contributed by atoms with E-state index >= 15 is 0 Å². The zero-order valence-corrected chi connectivity index (χ0v) is 34.1. The third-order valence-electron chi connectivity index (χ3n) is 13.8. The molecule has 1 atom stereocenters. The number of fused-ring (bicyclic) bond motifs is 10. The fourth-order valence-electron chi connectivity index (χ4n) is 10.9. The van der Waals surface area contributed by atoms with Crippen LogP contribution < -0.4 is 0 Å². The predicted molar refractivity (Wildman–Crippen MR) is 258 cm³/mol. The van der Waals surface area contributed by atoms with Crippen LogP contribution in [-0.2, 0) is 12.8 Å². The molecule has 0 aliphatic heterocycles. The van der Waals surface area contributed by atoms with E-state index in [-0.39, 0.29) is 5.92 Å². The van der Waals surface area contributed by atoms with Gasteiger partial charge < -0.3 is 4.42 Å². The third kappa shape index (κ3) is 5.41. The standard InChI is InChI=1S/C61H40O/c1-2-13-38(14-3-1)39-27-31-41(32-28-39)59(42-33-29-40(30-34-42)45-20-10-21-48-46-17-6-4-15-43(46)35-54(45)48)51-23-11-22-49-55-36-44-16-5-7-18-47(44)60(57(55)37-56(49)51)53-25-12-24-52-50-19-8-9-26-58(50)62-61(52)53/h1-34,36,59H,35,37H2. The van der Waals surface area contributed by atoms with Crippen LogP contribution in [0.2, 0.25) is 0 Å². The Morgan fingerprint density at radius 2 is 0.952 bits per heavy atom. The van der Waals surface area contributed by atoms with Gasteiger partial charge in [0.2, 0.25) is 0 Å². The topological polar surface area (TPSA) is 13.1 Å². The fourth-order valence-corrected chi connectivity index (χ4v) is 10.9. The molecule has 0 amide bonds. The molecule has 10 aromatic carbocycles. The molecule has 0 saturated carbocycles. The van der Waals surface area contributed by atoms with Gasteiger partial charge in [-0.1, -0.05) is 200 Å². The summed E-state index contributed by atoms with van der Waals surface area (Å²) >= 11 is 0. The minimum Gasteiger partial charge on any atom is -0.455 e. The van der Waals surface area contributed by atoms with Crippen LogP contribution in [0.25, 0.3) is 88.3 Å². The maximum atomic E-state index is 6.73. The SMILES string of the molecule is c1ccc(-c2ccc(C(c3ccc(-c4cccc5c4Cc4ccccc4-5)cc3)c3cccc4c3Cc3c-4cc4ccccc4c3-c3cccc4c3oc3ccccc34)cc2)cc1. The molecular weight excluding hydrogens is 749 g/mol. The van der Waals surface area contributed by atoms with Gasteiger partial charge in [0, 0.05) is 22.3 Å². The summed E-state index contributed by atoms with van der Waals surface area (Å²) in [6, 6.07) is 78.6. The van der Waals surface area contributed by atoms with Crippen molar-refractivity contribution in [3.63, 3.8) is 0 Å². The number of hydrogen-bond donors (Lipinski definition) is 0. The smallest absolute Gasteiger partial charge is 0.143 e. The maximum absolute atomic E-state index is 6.73. The highest BCUT2D eigenvalue weighted by Gasteiger charge is 2.31. The highest BCUT2D eigenvalue weighted by molar-refractivity contribution is 6.14. The highest BCUT2D eigenvalue weighted by atomic mass is 16.3. The Kier molecular flexibility index (Phi) is 7.87. The summed E-state index contributed by atoms with van der Waals surface area (Å²) in [5, 5.41) is 4.81. The molecule has 0 radical (unpaired) electrons. The highest BCUT2D eigenvalue weighted by Crippen LogP contribution is 2.51. The second kappa shape index (κ2) is 13.9. The Morgan fingerprint density at radius 3 is 1.79 bits per heavy atom. The van der Waals surface area contributed by atoms with Crippen molar-refractivity contribution in [1.82, 2.24) is 0 Å². The fraction of sp³-hybridized carbons (Fsp3) is 0.0492. The first kappa shape index (κ1) is 35.1. The number of hydrogen-bond acceptors (Lipinski definition) is 1. The molecule has 2 aliphatic carbocycles. The Labute approximate surface area is 361 Å². The molecule has 11 aromatic rings. The van der Waals surface area contributed by atoms with Crippen LogP contribution in [0, 0.1) is 0 Å². The lowest BCUT2D eigenvalue weighted by Crippen LogP contribution is -2.07. The van der Waals surface area contributed by atoms with E-state index in [4.69, 9.17) is 4.42 Å². The Morgan fingerprint density at radius 1 is 0.355 bits per heavy atom. The number of rotatable bonds is 6. The molecule has 0 fully saturated rings. The van der Waals surface area contributed by atoms with Crippen LogP contribution in [0.15, 0.2) is 217 Å². The predicted octanol–water partition coefficient (Wildman–Crippen LogP) is 16.1. The number of benzene rings is 10. The van der Waals surface area contributed by atoms with Crippen molar-refractivity contribution in [2.75, 3.05) is 0 Å². The summed E-state index contributed by atoms with van der Waals surface area (Å²) in [6.45, 7) is 0. The lowest BCUT2D eigenvalue weighted by molar-refractivity contribution is 0.670. The van der Waals surface area contributed by atoms with Gasteiger partial charge in [-0.3, -0.25) is 0 Å². The van der Waals surface area contributed by atoms with Crippen molar-refractivity contribution < 1.29 is 4.42 Å². The zero-order chi connectivity index (χ0) is 40.7. The van der Waals surface area contributed by atoms with Gasteiger partial charge in [-0.05, 0) is 125 Å². The molecular formula is C61H40O. The molecule has 1 heteroatoms. The van der Waals surface area contributed by atoms with Gasteiger partial charge in [-0.25, -0.2) is 0 Å². The van der Waals surface area contributed by atoms with Gasteiger partial charge in [0.1, 0.15) is 11.2 Å². The number of furan rings is 1. The Hall–Kier alpha value is -7.74. The summed E-state index contributed by atoms with van der Waals surface area (Å²) in [5.41, 5.74) is 24.2. The van der Waals surface area contributed by atoms with Crippen molar-refractivity contribution in [1.29, 1.82) is 0 Å².